The Morgan fingerprint density at radius 3 is 2.92 bits per heavy atom. The van der Waals surface area contributed by atoms with Crippen LogP contribution in [-0.4, -0.2) is 40.1 Å². The Morgan fingerprint density at radius 1 is 1.35 bits per heavy atom. The van der Waals surface area contributed by atoms with Crippen LogP contribution < -0.4 is 4.90 Å². The lowest BCUT2D eigenvalue weighted by atomic mass is 9.93. The second-order valence-corrected chi connectivity index (χ2v) is 7.09. The Kier molecular flexibility index (Phi) is 4.11. The third-order valence-corrected chi connectivity index (χ3v) is 5.51. The lowest BCUT2D eigenvalue weighted by Gasteiger charge is -2.35. The molecule has 2 atom stereocenters. The minimum absolute atomic E-state index is 0.0669. The first-order valence-electron chi connectivity index (χ1n) is 8.90. The quantitative estimate of drug-likeness (QED) is 0.842. The largest absolute Gasteiger partial charge is 0.361 e. The summed E-state index contributed by atoms with van der Waals surface area (Å²) >= 11 is 0. The van der Waals surface area contributed by atoms with Crippen LogP contribution in [0.3, 0.4) is 0 Å². The van der Waals surface area contributed by atoms with Gasteiger partial charge in [-0.05, 0) is 38.8 Å². The van der Waals surface area contributed by atoms with E-state index in [1.54, 1.807) is 18.3 Å². The number of aryl methyl sites for hydroxylation is 2. The summed E-state index contributed by atoms with van der Waals surface area (Å²) in [4.78, 5) is 21.5. The van der Waals surface area contributed by atoms with Gasteiger partial charge in [-0.25, -0.2) is 4.98 Å². The summed E-state index contributed by atoms with van der Waals surface area (Å²) in [7, 11) is 0. The van der Waals surface area contributed by atoms with Gasteiger partial charge in [0.1, 0.15) is 17.6 Å². The predicted octanol–water partition coefficient (Wildman–Crippen LogP) is 2.19. The summed E-state index contributed by atoms with van der Waals surface area (Å²) in [6, 6.07) is 5.86. The van der Waals surface area contributed by atoms with Gasteiger partial charge in [0, 0.05) is 30.9 Å². The molecule has 3 aliphatic heterocycles. The van der Waals surface area contributed by atoms with Crippen molar-refractivity contribution in [3.63, 3.8) is 0 Å². The molecule has 5 rings (SSSR count). The van der Waals surface area contributed by atoms with E-state index in [4.69, 9.17) is 4.52 Å². The zero-order chi connectivity index (χ0) is 18.3. The molecule has 2 aromatic heterocycles. The summed E-state index contributed by atoms with van der Waals surface area (Å²) in [5.41, 5.74) is 2.38. The molecule has 5 heterocycles. The Labute approximate surface area is 152 Å². The van der Waals surface area contributed by atoms with Crippen molar-refractivity contribution >= 4 is 11.7 Å². The van der Waals surface area contributed by atoms with Crippen molar-refractivity contribution in [3.05, 3.63) is 40.9 Å². The molecular formula is C19H21N5O2. The van der Waals surface area contributed by atoms with E-state index in [2.05, 4.69) is 21.1 Å². The van der Waals surface area contributed by atoms with Gasteiger partial charge in [0.05, 0.1) is 23.7 Å². The van der Waals surface area contributed by atoms with Gasteiger partial charge in [0.25, 0.3) is 0 Å². The van der Waals surface area contributed by atoms with Crippen molar-refractivity contribution < 1.29 is 9.32 Å². The van der Waals surface area contributed by atoms with E-state index in [0.29, 0.717) is 31.0 Å². The third-order valence-electron chi connectivity index (χ3n) is 5.51. The molecule has 0 unspecified atom stereocenters. The molecule has 1 amide bonds. The first kappa shape index (κ1) is 16.6. The summed E-state index contributed by atoms with van der Waals surface area (Å²) in [5, 5.41) is 13.4. The van der Waals surface area contributed by atoms with Crippen LogP contribution in [0.2, 0.25) is 0 Å². The molecule has 3 aliphatic rings. The van der Waals surface area contributed by atoms with Crippen molar-refractivity contribution in [2.75, 3.05) is 18.0 Å². The molecule has 0 saturated carbocycles. The van der Waals surface area contributed by atoms with Gasteiger partial charge in [-0.3, -0.25) is 4.79 Å². The maximum absolute atomic E-state index is 13.0. The highest BCUT2D eigenvalue weighted by molar-refractivity contribution is 5.81. The molecule has 2 aromatic rings. The van der Waals surface area contributed by atoms with Gasteiger partial charge in [0.15, 0.2) is 0 Å². The first-order valence-corrected chi connectivity index (χ1v) is 8.90. The Bertz CT molecular complexity index is 865. The van der Waals surface area contributed by atoms with Gasteiger partial charge in [0.2, 0.25) is 5.91 Å². The smallest absolute Gasteiger partial charge is 0.228 e. The lowest BCUT2D eigenvalue weighted by Crippen LogP contribution is -2.47. The number of pyridine rings is 1. The molecule has 7 nitrogen and oxygen atoms in total. The van der Waals surface area contributed by atoms with E-state index in [0.717, 1.165) is 29.9 Å². The number of hydrogen-bond donors (Lipinski definition) is 0. The molecule has 0 aliphatic carbocycles. The fourth-order valence-corrected chi connectivity index (χ4v) is 4.06. The van der Waals surface area contributed by atoms with E-state index in [9.17, 15) is 10.1 Å². The van der Waals surface area contributed by atoms with Gasteiger partial charge in [-0.1, -0.05) is 5.16 Å². The summed E-state index contributed by atoms with van der Waals surface area (Å²) in [6.45, 7) is 5.62. The fraction of sp³-hybridized carbons (Fsp3) is 0.474. The molecule has 134 valence electrons. The highest BCUT2D eigenvalue weighted by Crippen LogP contribution is 2.33. The number of fused-ring (bicyclic) bond motifs is 4. The third kappa shape index (κ3) is 2.71. The Balaban J connectivity index is 1.64. The van der Waals surface area contributed by atoms with Crippen molar-refractivity contribution in [2.45, 2.75) is 39.3 Å². The van der Waals surface area contributed by atoms with E-state index >= 15 is 0 Å². The zero-order valence-electron chi connectivity index (χ0n) is 15.0. The number of anilines is 1. The molecule has 0 N–H and O–H groups in total. The number of nitriles is 1. The average Bonchev–Trinajstić information content (AvgIpc) is 2.82. The number of aromatic nitrogens is 2. The van der Waals surface area contributed by atoms with Crippen molar-refractivity contribution in [1.82, 2.24) is 15.0 Å². The van der Waals surface area contributed by atoms with Crippen molar-refractivity contribution in [2.24, 2.45) is 5.92 Å². The standard InChI is InChI=1S/C19H21N5O2/c1-12-17(13(2)26-22-12)11-24-16-6-5-15(19(24)25)9-23(10-16)18-14(8-20)4-3-7-21-18/h3-4,7,15-16H,5-6,9-11H2,1-2H3/t15-,16+/m0/s1. The number of hydrogen-bond acceptors (Lipinski definition) is 6. The van der Waals surface area contributed by atoms with Crippen LogP contribution in [0.25, 0.3) is 0 Å². The van der Waals surface area contributed by atoms with Gasteiger partial charge < -0.3 is 14.3 Å². The van der Waals surface area contributed by atoms with Crippen LogP contribution in [0.5, 0.6) is 0 Å². The summed E-state index contributed by atoms with van der Waals surface area (Å²) in [5.74, 6) is 1.56. The fourth-order valence-electron chi connectivity index (χ4n) is 4.06. The summed E-state index contributed by atoms with van der Waals surface area (Å²) < 4.78 is 5.26. The molecule has 0 radical (unpaired) electrons. The number of nitrogens with zero attached hydrogens (tertiary/aromatic N) is 5. The number of amides is 1. The highest BCUT2D eigenvalue weighted by atomic mass is 16.5. The molecule has 0 spiro atoms. The number of rotatable bonds is 3. The van der Waals surface area contributed by atoms with Gasteiger partial charge in [-0.2, -0.15) is 5.26 Å². The molecule has 26 heavy (non-hydrogen) atoms. The number of piperidine rings is 1. The molecule has 0 aromatic carbocycles. The van der Waals surface area contributed by atoms with E-state index in [1.165, 1.54) is 0 Å². The van der Waals surface area contributed by atoms with Crippen molar-refractivity contribution in [1.29, 1.82) is 5.26 Å². The predicted molar refractivity (Wildman–Crippen MR) is 94.2 cm³/mol. The zero-order valence-corrected chi connectivity index (χ0v) is 15.0. The maximum atomic E-state index is 13.0. The monoisotopic (exact) mass is 351 g/mol. The second kappa shape index (κ2) is 6.45. The Hall–Kier alpha value is -2.88. The van der Waals surface area contributed by atoms with Crippen LogP contribution in [0.4, 0.5) is 5.82 Å². The molecule has 3 fully saturated rings. The average molecular weight is 351 g/mol. The van der Waals surface area contributed by atoms with Crippen LogP contribution in [-0.2, 0) is 11.3 Å². The van der Waals surface area contributed by atoms with Crippen molar-refractivity contribution in [3.8, 4) is 6.07 Å². The van der Waals surface area contributed by atoms with Crippen LogP contribution in [0.1, 0.15) is 35.4 Å². The van der Waals surface area contributed by atoms with Gasteiger partial charge in [-0.15, -0.1) is 0 Å². The molecule has 7 heteroatoms. The van der Waals surface area contributed by atoms with E-state index < -0.39 is 0 Å². The van der Waals surface area contributed by atoms with Crippen LogP contribution in [0, 0.1) is 31.1 Å². The minimum atomic E-state index is -0.0669. The number of carbonyl (C=O) groups excluding carboxylic acids is 1. The maximum Gasteiger partial charge on any atom is 0.228 e. The molecule has 3 saturated heterocycles. The lowest BCUT2D eigenvalue weighted by molar-refractivity contribution is -0.140. The van der Waals surface area contributed by atoms with Gasteiger partial charge >= 0.3 is 0 Å². The number of carbonyl (C=O) groups is 1. The second-order valence-electron chi connectivity index (χ2n) is 7.09. The minimum Gasteiger partial charge on any atom is -0.361 e. The Morgan fingerprint density at radius 2 is 2.19 bits per heavy atom. The molecular weight excluding hydrogens is 330 g/mol. The van der Waals surface area contributed by atoms with E-state index in [1.807, 2.05) is 18.7 Å². The SMILES string of the molecule is Cc1noc(C)c1CN1C(=O)[C@H]2CC[C@@H]1CN(c1ncccc1C#N)C2. The van der Waals surface area contributed by atoms with Crippen LogP contribution in [0.15, 0.2) is 22.9 Å². The topological polar surface area (TPSA) is 86.3 Å². The summed E-state index contributed by atoms with van der Waals surface area (Å²) in [6.07, 6.45) is 3.55. The molecule has 2 bridgehead atoms. The highest BCUT2D eigenvalue weighted by Gasteiger charge is 2.41. The normalized spacial score (nSPS) is 22.4. The first-order chi connectivity index (χ1) is 12.6. The van der Waals surface area contributed by atoms with E-state index in [-0.39, 0.29) is 17.9 Å². The van der Waals surface area contributed by atoms with Crippen LogP contribution >= 0.6 is 0 Å².